The average molecular weight is 242 g/mol. The molecule has 0 heterocycles. The first kappa shape index (κ1) is 14.9. The molecular formula is C14H30N2O. The fraction of sp³-hybridized carbons (Fsp3) is 1.00. The van der Waals surface area contributed by atoms with Gasteiger partial charge in [-0.15, -0.1) is 0 Å². The Labute approximate surface area is 107 Å². The summed E-state index contributed by atoms with van der Waals surface area (Å²) in [7, 11) is 2.17. The first-order chi connectivity index (χ1) is 8.01. The van der Waals surface area contributed by atoms with Gasteiger partial charge in [0.05, 0.1) is 0 Å². The lowest BCUT2D eigenvalue weighted by Crippen LogP contribution is -2.45. The molecule has 3 heteroatoms. The molecular weight excluding hydrogens is 212 g/mol. The number of hydrogen-bond acceptors (Lipinski definition) is 3. The van der Waals surface area contributed by atoms with E-state index >= 15 is 0 Å². The van der Waals surface area contributed by atoms with Gasteiger partial charge in [-0.2, -0.15) is 0 Å². The molecule has 0 spiro atoms. The largest absolute Gasteiger partial charge is 0.396 e. The molecule has 1 fully saturated rings. The van der Waals surface area contributed by atoms with E-state index < -0.39 is 0 Å². The number of aliphatic hydroxyl groups is 1. The van der Waals surface area contributed by atoms with E-state index in [1.165, 1.54) is 12.8 Å². The summed E-state index contributed by atoms with van der Waals surface area (Å²) in [4.78, 5) is 2.37. The fourth-order valence-corrected chi connectivity index (χ4v) is 3.21. The number of nitrogens with zero attached hydrogens (tertiary/aromatic N) is 1. The van der Waals surface area contributed by atoms with Crippen LogP contribution in [0.5, 0.6) is 0 Å². The van der Waals surface area contributed by atoms with Crippen molar-refractivity contribution in [3.8, 4) is 0 Å². The van der Waals surface area contributed by atoms with Crippen molar-refractivity contribution >= 4 is 0 Å². The second kappa shape index (κ2) is 6.72. The quantitative estimate of drug-likeness (QED) is 0.713. The van der Waals surface area contributed by atoms with Crippen LogP contribution in [0.15, 0.2) is 0 Å². The van der Waals surface area contributed by atoms with Gasteiger partial charge in [-0.1, -0.05) is 20.8 Å². The zero-order chi connectivity index (χ0) is 12.9. The first-order valence-corrected chi connectivity index (χ1v) is 7.04. The van der Waals surface area contributed by atoms with Gasteiger partial charge >= 0.3 is 0 Å². The molecule has 0 radical (unpaired) electrons. The minimum Gasteiger partial charge on any atom is -0.396 e. The minimum absolute atomic E-state index is 0.303. The lowest BCUT2D eigenvalue weighted by Gasteiger charge is -2.33. The SMILES string of the molecule is CCNC1C(CN(C)CCCO)CCC1(C)C. The Morgan fingerprint density at radius 3 is 2.71 bits per heavy atom. The Morgan fingerprint density at radius 2 is 2.12 bits per heavy atom. The van der Waals surface area contributed by atoms with Crippen molar-refractivity contribution in [2.24, 2.45) is 11.3 Å². The molecule has 2 unspecified atom stereocenters. The third-order valence-corrected chi connectivity index (χ3v) is 4.14. The second-order valence-electron chi connectivity index (χ2n) is 6.16. The summed E-state index contributed by atoms with van der Waals surface area (Å²) < 4.78 is 0. The summed E-state index contributed by atoms with van der Waals surface area (Å²) in [6, 6.07) is 0.643. The molecule has 1 aliphatic rings. The molecule has 0 amide bonds. The van der Waals surface area contributed by atoms with Crippen LogP contribution in [0.25, 0.3) is 0 Å². The molecule has 0 aliphatic heterocycles. The molecule has 0 bridgehead atoms. The molecule has 3 nitrogen and oxygen atoms in total. The standard InChI is InChI=1S/C14H30N2O/c1-5-15-13-12(7-8-14(13,2)3)11-16(4)9-6-10-17/h12-13,15,17H,5-11H2,1-4H3. The predicted molar refractivity (Wildman–Crippen MR) is 73.2 cm³/mol. The topological polar surface area (TPSA) is 35.5 Å². The van der Waals surface area contributed by atoms with Gasteiger partial charge in [0.2, 0.25) is 0 Å². The number of aliphatic hydroxyl groups excluding tert-OH is 1. The van der Waals surface area contributed by atoms with Crippen LogP contribution in [0.2, 0.25) is 0 Å². The van der Waals surface area contributed by atoms with E-state index in [2.05, 4.69) is 38.0 Å². The number of nitrogens with one attached hydrogen (secondary N) is 1. The van der Waals surface area contributed by atoms with Gasteiger partial charge in [0.25, 0.3) is 0 Å². The second-order valence-corrected chi connectivity index (χ2v) is 6.16. The van der Waals surface area contributed by atoms with Crippen molar-refractivity contribution in [3.63, 3.8) is 0 Å². The van der Waals surface area contributed by atoms with Crippen LogP contribution in [0.1, 0.15) is 40.0 Å². The van der Waals surface area contributed by atoms with E-state index in [0.717, 1.165) is 32.0 Å². The molecule has 1 aliphatic carbocycles. The molecule has 0 saturated heterocycles. The van der Waals surface area contributed by atoms with Gasteiger partial charge in [-0.05, 0) is 44.2 Å². The summed E-state index contributed by atoms with van der Waals surface area (Å²) in [5, 5.41) is 12.5. The summed E-state index contributed by atoms with van der Waals surface area (Å²) >= 11 is 0. The summed E-state index contributed by atoms with van der Waals surface area (Å²) in [5.41, 5.74) is 0.429. The van der Waals surface area contributed by atoms with E-state index in [0.29, 0.717) is 18.1 Å². The lowest BCUT2D eigenvalue weighted by molar-refractivity contribution is 0.192. The van der Waals surface area contributed by atoms with Gasteiger partial charge in [-0.3, -0.25) is 0 Å². The number of rotatable bonds is 7. The van der Waals surface area contributed by atoms with Gasteiger partial charge in [-0.25, -0.2) is 0 Å². The first-order valence-electron chi connectivity index (χ1n) is 7.04. The molecule has 2 N–H and O–H groups in total. The normalized spacial score (nSPS) is 27.9. The van der Waals surface area contributed by atoms with Crippen LogP contribution < -0.4 is 5.32 Å². The molecule has 0 aromatic rings. The van der Waals surface area contributed by atoms with E-state index in [1.807, 2.05) is 0 Å². The van der Waals surface area contributed by atoms with E-state index in [9.17, 15) is 0 Å². The van der Waals surface area contributed by atoms with Crippen molar-refractivity contribution in [2.75, 3.05) is 33.3 Å². The Bertz CT molecular complexity index is 218. The van der Waals surface area contributed by atoms with Crippen LogP contribution in [0, 0.1) is 11.3 Å². The maximum Gasteiger partial charge on any atom is 0.0443 e. The van der Waals surface area contributed by atoms with Crippen LogP contribution >= 0.6 is 0 Å². The average Bonchev–Trinajstić information content (AvgIpc) is 2.54. The predicted octanol–water partition coefficient (Wildman–Crippen LogP) is 1.71. The maximum absolute atomic E-state index is 8.86. The number of hydrogen-bond donors (Lipinski definition) is 2. The highest BCUT2D eigenvalue weighted by molar-refractivity contribution is 4.96. The zero-order valence-electron chi connectivity index (χ0n) is 12.0. The summed E-state index contributed by atoms with van der Waals surface area (Å²) in [6.07, 6.45) is 3.54. The molecule has 1 rings (SSSR count). The Hall–Kier alpha value is -0.120. The van der Waals surface area contributed by atoms with E-state index in [4.69, 9.17) is 5.11 Å². The highest BCUT2D eigenvalue weighted by Gasteiger charge is 2.41. The third kappa shape index (κ3) is 4.23. The van der Waals surface area contributed by atoms with Crippen LogP contribution in [0.4, 0.5) is 0 Å². The van der Waals surface area contributed by atoms with Crippen molar-refractivity contribution in [1.82, 2.24) is 10.2 Å². The van der Waals surface area contributed by atoms with Crippen molar-refractivity contribution < 1.29 is 5.11 Å². The molecule has 0 aromatic heterocycles. The molecule has 17 heavy (non-hydrogen) atoms. The van der Waals surface area contributed by atoms with Gasteiger partial charge in [0.1, 0.15) is 0 Å². The smallest absolute Gasteiger partial charge is 0.0443 e. The lowest BCUT2D eigenvalue weighted by atomic mass is 9.84. The zero-order valence-corrected chi connectivity index (χ0v) is 12.0. The van der Waals surface area contributed by atoms with Crippen LogP contribution in [-0.2, 0) is 0 Å². The van der Waals surface area contributed by atoms with Crippen molar-refractivity contribution in [3.05, 3.63) is 0 Å². The summed E-state index contributed by atoms with van der Waals surface area (Å²) in [5.74, 6) is 0.758. The molecule has 2 atom stereocenters. The van der Waals surface area contributed by atoms with Crippen molar-refractivity contribution in [2.45, 2.75) is 46.1 Å². The van der Waals surface area contributed by atoms with Gasteiger partial charge in [0, 0.05) is 25.7 Å². The van der Waals surface area contributed by atoms with Crippen molar-refractivity contribution in [1.29, 1.82) is 0 Å². The summed E-state index contributed by atoms with van der Waals surface area (Å²) in [6.45, 7) is 10.5. The van der Waals surface area contributed by atoms with Gasteiger partial charge in [0.15, 0.2) is 0 Å². The third-order valence-electron chi connectivity index (χ3n) is 4.14. The minimum atomic E-state index is 0.303. The monoisotopic (exact) mass is 242 g/mol. The maximum atomic E-state index is 8.86. The van der Waals surface area contributed by atoms with Crippen LogP contribution in [-0.4, -0.2) is 49.3 Å². The van der Waals surface area contributed by atoms with E-state index in [1.54, 1.807) is 0 Å². The molecule has 102 valence electrons. The highest BCUT2D eigenvalue weighted by atomic mass is 16.3. The van der Waals surface area contributed by atoms with E-state index in [-0.39, 0.29) is 0 Å². The molecule has 1 saturated carbocycles. The van der Waals surface area contributed by atoms with Gasteiger partial charge < -0.3 is 15.3 Å². The van der Waals surface area contributed by atoms with Crippen LogP contribution in [0.3, 0.4) is 0 Å². The Morgan fingerprint density at radius 1 is 1.41 bits per heavy atom. The Kier molecular flexibility index (Phi) is 5.90. The fourth-order valence-electron chi connectivity index (χ4n) is 3.21. The molecule has 0 aromatic carbocycles. The highest BCUT2D eigenvalue weighted by Crippen LogP contribution is 2.41. The Balaban J connectivity index is 2.46.